The maximum atomic E-state index is 10.00. The number of aliphatic carboxylic acids is 1. The topological polar surface area (TPSA) is 37.3 Å². The first-order valence-corrected chi connectivity index (χ1v) is 6.63. The van der Waals surface area contributed by atoms with Crippen LogP contribution in [0.2, 0.25) is 19.6 Å². The molecule has 0 aromatic rings. The Morgan fingerprint density at radius 2 is 2.00 bits per heavy atom. The third kappa shape index (κ3) is 7.25. The average Bonchev–Trinajstić information content (AvgIpc) is 1.59. The zero-order valence-electron chi connectivity index (χ0n) is 6.56. The van der Waals surface area contributed by atoms with E-state index in [9.17, 15) is 4.79 Å². The first kappa shape index (κ1) is 9.25. The lowest BCUT2D eigenvalue weighted by molar-refractivity contribution is -0.135. The van der Waals surface area contributed by atoms with Crippen LogP contribution < -0.4 is 0 Å². The van der Waals surface area contributed by atoms with E-state index < -0.39 is 14.0 Å². The Labute approximate surface area is 62.3 Å². The van der Waals surface area contributed by atoms with Crippen molar-refractivity contribution in [3.63, 3.8) is 0 Å². The minimum Gasteiger partial charge on any atom is -0.481 e. The molecule has 0 radical (unpaired) electrons. The Bertz CT molecular complexity index is 180. The molecule has 10 heavy (non-hydrogen) atoms. The number of rotatable bonds is 1. The van der Waals surface area contributed by atoms with Gasteiger partial charge in [0.15, 0.2) is 0 Å². The second kappa shape index (κ2) is 3.42. The van der Waals surface area contributed by atoms with E-state index in [1.54, 1.807) is 0 Å². The molecule has 1 N–H and O–H groups in total. The molecule has 0 aromatic carbocycles. The molecule has 0 bridgehead atoms. The van der Waals surface area contributed by atoms with E-state index in [0.717, 1.165) is 0 Å². The third-order valence-electron chi connectivity index (χ3n) is 0.703. The van der Waals surface area contributed by atoms with Crippen molar-refractivity contribution in [2.45, 2.75) is 26.1 Å². The minimum atomic E-state index is -1.35. The van der Waals surface area contributed by atoms with E-state index in [1.165, 1.54) is 0 Å². The second-order valence-electron chi connectivity index (χ2n) is 3.12. The lowest BCUT2D eigenvalue weighted by Gasteiger charge is -2.02. The summed E-state index contributed by atoms with van der Waals surface area (Å²) in [6.45, 7) is 6.26. The van der Waals surface area contributed by atoms with Gasteiger partial charge in [0, 0.05) is 0 Å². The predicted molar refractivity (Wildman–Crippen MR) is 43.4 cm³/mol. The summed E-state index contributed by atoms with van der Waals surface area (Å²) in [7, 11) is -1.35. The Kier molecular flexibility index (Phi) is 3.17. The number of carbonyl (C=O) groups is 1. The maximum Gasteiger partial charge on any atom is 0.315 e. The fourth-order valence-electron chi connectivity index (χ4n) is 0.385. The van der Waals surface area contributed by atoms with Crippen molar-refractivity contribution in [1.82, 2.24) is 0 Å². The summed E-state index contributed by atoms with van der Waals surface area (Å²) in [5, 5.41) is 8.22. The highest BCUT2D eigenvalue weighted by Gasteiger charge is 2.07. The van der Waals surface area contributed by atoms with Crippen LogP contribution >= 0.6 is 0 Å². The highest BCUT2D eigenvalue weighted by Crippen LogP contribution is 1.96. The molecule has 0 atom stereocenters. The molecule has 0 aliphatic rings. The van der Waals surface area contributed by atoms with Crippen LogP contribution in [0, 0.1) is 11.5 Å². The van der Waals surface area contributed by atoms with Gasteiger partial charge in [0.1, 0.15) is 14.5 Å². The Morgan fingerprint density at radius 3 is 2.30 bits per heavy atom. The number of hydrogen-bond acceptors (Lipinski definition) is 1. The quantitative estimate of drug-likeness (QED) is 0.459. The van der Waals surface area contributed by atoms with Gasteiger partial charge in [-0.1, -0.05) is 25.6 Å². The van der Waals surface area contributed by atoms with Gasteiger partial charge in [0.25, 0.3) is 0 Å². The van der Waals surface area contributed by atoms with Crippen LogP contribution in [0.5, 0.6) is 0 Å². The van der Waals surface area contributed by atoms with Gasteiger partial charge in [-0.2, -0.15) is 0 Å². The van der Waals surface area contributed by atoms with Crippen LogP contribution in [0.25, 0.3) is 0 Å². The lowest BCUT2D eigenvalue weighted by Crippen LogP contribution is -2.16. The van der Waals surface area contributed by atoms with Gasteiger partial charge in [-0.15, -0.1) is 5.54 Å². The number of carboxylic acids is 1. The molecule has 0 unspecified atom stereocenters. The fraction of sp³-hybridized carbons (Fsp3) is 0.571. The van der Waals surface area contributed by atoms with Crippen LogP contribution in [0.15, 0.2) is 0 Å². The maximum absolute atomic E-state index is 10.00. The van der Waals surface area contributed by atoms with Gasteiger partial charge < -0.3 is 5.11 Å². The smallest absolute Gasteiger partial charge is 0.315 e. The molecular weight excluding hydrogens is 144 g/mol. The zero-order chi connectivity index (χ0) is 8.20. The van der Waals surface area contributed by atoms with Crippen molar-refractivity contribution in [2.75, 3.05) is 0 Å². The summed E-state index contributed by atoms with van der Waals surface area (Å²) in [5.41, 5.74) is 2.96. The first-order chi connectivity index (χ1) is 4.42. The molecule has 0 aliphatic heterocycles. The summed E-state index contributed by atoms with van der Waals surface area (Å²) in [5.74, 6) is 1.80. The molecule has 0 saturated carbocycles. The van der Waals surface area contributed by atoms with E-state index in [0.29, 0.717) is 0 Å². The summed E-state index contributed by atoms with van der Waals surface area (Å²) in [6, 6.07) is 0. The molecule has 0 fully saturated rings. The lowest BCUT2D eigenvalue weighted by atomic mass is 10.5. The molecule has 2 nitrogen and oxygen atoms in total. The summed E-state index contributed by atoms with van der Waals surface area (Å²) in [4.78, 5) is 10.00. The fourth-order valence-corrected chi connectivity index (χ4v) is 1.00. The van der Waals surface area contributed by atoms with Crippen molar-refractivity contribution in [3.8, 4) is 11.5 Å². The SMILES string of the molecule is C[Si](C)(C)C#CCC(=O)O. The molecule has 0 aromatic heterocycles. The monoisotopic (exact) mass is 156 g/mol. The predicted octanol–water partition coefficient (Wildman–Crippen LogP) is 1.34. The first-order valence-electron chi connectivity index (χ1n) is 3.13. The zero-order valence-corrected chi connectivity index (χ0v) is 7.56. The molecule has 0 spiro atoms. The molecular formula is C7H12O2Si. The summed E-state index contributed by atoms with van der Waals surface area (Å²) < 4.78 is 0. The van der Waals surface area contributed by atoms with Crippen molar-refractivity contribution < 1.29 is 9.90 Å². The Balaban J connectivity index is 3.82. The van der Waals surface area contributed by atoms with Crippen molar-refractivity contribution in [2.24, 2.45) is 0 Å². The van der Waals surface area contributed by atoms with Gasteiger partial charge in [0.2, 0.25) is 0 Å². The van der Waals surface area contributed by atoms with Gasteiger partial charge in [0.05, 0.1) is 0 Å². The van der Waals surface area contributed by atoms with Crippen LogP contribution in [0.1, 0.15) is 6.42 Å². The van der Waals surface area contributed by atoms with Crippen LogP contribution in [-0.2, 0) is 4.79 Å². The Morgan fingerprint density at radius 1 is 1.50 bits per heavy atom. The van der Waals surface area contributed by atoms with Crippen molar-refractivity contribution >= 4 is 14.0 Å². The summed E-state index contributed by atoms with van der Waals surface area (Å²) in [6.07, 6.45) is -0.0235. The van der Waals surface area contributed by atoms with E-state index in [-0.39, 0.29) is 6.42 Å². The van der Waals surface area contributed by atoms with Gasteiger partial charge >= 0.3 is 5.97 Å². The third-order valence-corrected chi connectivity index (χ3v) is 1.63. The molecule has 0 aliphatic carbocycles. The Hall–Kier alpha value is -0.753. The van der Waals surface area contributed by atoms with Crippen molar-refractivity contribution in [3.05, 3.63) is 0 Å². The molecule has 0 rings (SSSR count). The highest BCUT2D eigenvalue weighted by molar-refractivity contribution is 6.83. The second-order valence-corrected chi connectivity index (χ2v) is 7.87. The molecule has 56 valence electrons. The normalized spacial score (nSPS) is 9.90. The van der Waals surface area contributed by atoms with Crippen molar-refractivity contribution in [1.29, 1.82) is 0 Å². The summed E-state index contributed by atoms with van der Waals surface area (Å²) >= 11 is 0. The van der Waals surface area contributed by atoms with Gasteiger partial charge in [-0.3, -0.25) is 4.79 Å². The minimum absolute atomic E-state index is 0.0235. The van der Waals surface area contributed by atoms with E-state index in [4.69, 9.17) is 5.11 Å². The highest BCUT2D eigenvalue weighted by atomic mass is 28.3. The van der Waals surface area contributed by atoms with E-state index in [2.05, 4.69) is 31.1 Å². The van der Waals surface area contributed by atoms with E-state index >= 15 is 0 Å². The average molecular weight is 156 g/mol. The number of hydrogen-bond donors (Lipinski definition) is 1. The van der Waals surface area contributed by atoms with E-state index in [1.807, 2.05) is 0 Å². The van der Waals surface area contributed by atoms with Crippen LogP contribution in [0.3, 0.4) is 0 Å². The largest absolute Gasteiger partial charge is 0.481 e. The molecule has 3 heteroatoms. The molecule has 0 heterocycles. The van der Waals surface area contributed by atoms with Crippen LogP contribution in [0.4, 0.5) is 0 Å². The molecule has 0 saturated heterocycles. The van der Waals surface area contributed by atoms with Crippen LogP contribution in [-0.4, -0.2) is 19.1 Å². The van der Waals surface area contributed by atoms with Gasteiger partial charge in [-0.05, 0) is 0 Å². The standard InChI is InChI=1S/C7H12O2Si/c1-10(2,3)6-4-5-7(8)9/h5H2,1-3H3,(H,8,9). The van der Waals surface area contributed by atoms with Gasteiger partial charge in [-0.25, -0.2) is 0 Å². The molecule has 0 amide bonds. The number of carboxylic acid groups (broad SMARTS) is 1.